The van der Waals surface area contributed by atoms with E-state index in [0.29, 0.717) is 19.5 Å². The first-order valence-corrected chi connectivity index (χ1v) is 8.54. The van der Waals surface area contributed by atoms with Gasteiger partial charge in [0.2, 0.25) is 5.91 Å². The normalized spacial score (nSPS) is 11.4. The van der Waals surface area contributed by atoms with Crippen LogP contribution in [0.15, 0.2) is 30.5 Å². The summed E-state index contributed by atoms with van der Waals surface area (Å²) in [7, 11) is 0. The predicted octanol–water partition coefficient (Wildman–Crippen LogP) is 2.98. The van der Waals surface area contributed by atoms with E-state index in [9.17, 15) is 9.59 Å². The number of carbonyl (C=O) groups excluding carboxylic acids is 2. The third-order valence-electron chi connectivity index (χ3n) is 3.65. The molecule has 0 aliphatic heterocycles. The Bertz CT molecular complexity index is 744. The number of amides is 2. The summed E-state index contributed by atoms with van der Waals surface area (Å²) in [6, 6.07) is 8.04. The van der Waals surface area contributed by atoms with E-state index in [1.54, 1.807) is 0 Å². The summed E-state index contributed by atoms with van der Waals surface area (Å²) in [5.41, 5.74) is 1.71. The van der Waals surface area contributed by atoms with Crippen molar-refractivity contribution in [3.8, 4) is 0 Å². The van der Waals surface area contributed by atoms with Crippen molar-refractivity contribution in [1.82, 2.24) is 15.2 Å². The van der Waals surface area contributed by atoms with Crippen LogP contribution in [-0.2, 0) is 16.1 Å². The Morgan fingerprint density at radius 2 is 1.80 bits per heavy atom. The molecule has 0 spiro atoms. The molecule has 0 aliphatic carbocycles. The fraction of sp³-hybridized carbons (Fsp3) is 0.474. The summed E-state index contributed by atoms with van der Waals surface area (Å²) in [6.45, 7) is 8.75. The Hall–Kier alpha value is -2.50. The summed E-state index contributed by atoms with van der Waals surface area (Å²) >= 11 is 0. The van der Waals surface area contributed by atoms with Gasteiger partial charge in [0.15, 0.2) is 0 Å². The number of ether oxygens (including phenoxy) is 1. The molecule has 25 heavy (non-hydrogen) atoms. The average molecular weight is 345 g/mol. The molecule has 0 saturated heterocycles. The minimum absolute atomic E-state index is 0.0435. The SMILES string of the molecule is Cc1cn(CC(=O)NCCCNC(=O)OC(C)(C)C)c2ccccc12. The zero-order valence-electron chi connectivity index (χ0n) is 15.4. The fourth-order valence-corrected chi connectivity index (χ4v) is 2.59. The van der Waals surface area contributed by atoms with Crippen LogP contribution in [0.25, 0.3) is 10.9 Å². The number of nitrogens with zero attached hydrogens (tertiary/aromatic N) is 1. The van der Waals surface area contributed by atoms with Crippen LogP contribution in [0.3, 0.4) is 0 Å². The average Bonchev–Trinajstić information content (AvgIpc) is 2.82. The predicted molar refractivity (Wildman–Crippen MR) is 98.5 cm³/mol. The van der Waals surface area contributed by atoms with Gasteiger partial charge >= 0.3 is 6.09 Å². The van der Waals surface area contributed by atoms with Gasteiger partial charge in [-0.15, -0.1) is 0 Å². The molecule has 0 radical (unpaired) electrons. The molecule has 0 saturated carbocycles. The molecule has 0 aliphatic rings. The number of para-hydroxylation sites is 1. The molecule has 1 aromatic heterocycles. The molecule has 136 valence electrons. The maximum absolute atomic E-state index is 12.1. The van der Waals surface area contributed by atoms with Gasteiger partial charge in [-0.2, -0.15) is 0 Å². The second-order valence-electron chi connectivity index (χ2n) is 7.09. The fourth-order valence-electron chi connectivity index (χ4n) is 2.59. The van der Waals surface area contributed by atoms with Crippen molar-refractivity contribution >= 4 is 22.9 Å². The Kier molecular flexibility index (Phi) is 6.07. The van der Waals surface area contributed by atoms with E-state index >= 15 is 0 Å². The summed E-state index contributed by atoms with van der Waals surface area (Å²) in [5.74, 6) is -0.0435. The standard InChI is InChI=1S/C19H27N3O3/c1-14-12-22(16-9-6-5-8-15(14)16)13-17(23)20-10-7-11-21-18(24)25-19(2,3)4/h5-6,8-9,12H,7,10-11,13H2,1-4H3,(H,20,23)(H,21,24). The van der Waals surface area contributed by atoms with Gasteiger partial charge in [-0.3, -0.25) is 4.79 Å². The Morgan fingerprint density at radius 1 is 1.12 bits per heavy atom. The van der Waals surface area contributed by atoms with Gasteiger partial charge in [0.1, 0.15) is 12.1 Å². The monoisotopic (exact) mass is 345 g/mol. The highest BCUT2D eigenvalue weighted by atomic mass is 16.6. The number of nitrogens with one attached hydrogen (secondary N) is 2. The van der Waals surface area contributed by atoms with Gasteiger partial charge in [0.25, 0.3) is 0 Å². The third-order valence-corrected chi connectivity index (χ3v) is 3.65. The molecule has 2 N–H and O–H groups in total. The first-order valence-electron chi connectivity index (χ1n) is 8.54. The van der Waals surface area contributed by atoms with Crippen molar-refractivity contribution in [2.75, 3.05) is 13.1 Å². The minimum atomic E-state index is -0.504. The van der Waals surface area contributed by atoms with E-state index in [1.165, 1.54) is 0 Å². The molecule has 2 aromatic rings. The van der Waals surface area contributed by atoms with Gasteiger partial charge < -0.3 is 19.9 Å². The lowest BCUT2D eigenvalue weighted by molar-refractivity contribution is -0.121. The Labute approximate surface area is 148 Å². The molecular formula is C19H27N3O3. The highest BCUT2D eigenvalue weighted by Gasteiger charge is 2.15. The van der Waals surface area contributed by atoms with Crippen molar-refractivity contribution in [2.45, 2.75) is 46.3 Å². The number of fused-ring (bicyclic) bond motifs is 1. The van der Waals surface area contributed by atoms with E-state index in [4.69, 9.17) is 4.74 Å². The molecule has 6 heteroatoms. The Balaban J connectivity index is 1.72. The largest absolute Gasteiger partial charge is 0.444 e. The van der Waals surface area contributed by atoms with Crippen LogP contribution in [0.1, 0.15) is 32.8 Å². The van der Waals surface area contributed by atoms with Crippen molar-refractivity contribution in [1.29, 1.82) is 0 Å². The molecule has 0 bridgehead atoms. The summed E-state index contributed by atoms with van der Waals surface area (Å²) in [4.78, 5) is 23.6. The van der Waals surface area contributed by atoms with Crippen LogP contribution in [0.5, 0.6) is 0 Å². The number of aryl methyl sites for hydroxylation is 1. The highest BCUT2D eigenvalue weighted by Crippen LogP contribution is 2.19. The van der Waals surface area contributed by atoms with Gasteiger partial charge in [-0.1, -0.05) is 18.2 Å². The first-order chi connectivity index (χ1) is 11.8. The molecule has 0 unspecified atom stereocenters. The molecule has 1 heterocycles. The van der Waals surface area contributed by atoms with Crippen LogP contribution < -0.4 is 10.6 Å². The quantitative estimate of drug-likeness (QED) is 0.791. The number of rotatable bonds is 6. The van der Waals surface area contributed by atoms with Crippen LogP contribution >= 0.6 is 0 Å². The number of alkyl carbamates (subject to hydrolysis) is 1. The summed E-state index contributed by atoms with van der Waals surface area (Å²) < 4.78 is 7.10. The van der Waals surface area contributed by atoms with Crippen LogP contribution in [0.2, 0.25) is 0 Å². The minimum Gasteiger partial charge on any atom is -0.444 e. The molecule has 2 amide bonds. The maximum Gasteiger partial charge on any atom is 0.407 e. The number of carbonyl (C=O) groups is 2. The van der Waals surface area contributed by atoms with Gasteiger partial charge in [-0.05, 0) is 45.7 Å². The third kappa shape index (κ3) is 5.81. The number of hydrogen-bond acceptors (Lipinski definition) is 3. The molecule has 1 aromatic carbocycles. The topological polar surface area (TPSA) is 72.4 Å². The van der Waals surface area contributed by atoms with E-state index in [2.05, 4.69) is 16.7 Å². The Morgan fingerprint density at radius 3 is 2.52 bits per heavy atom. The molecule has 0 atom stereocenters. The van der Waals surface area contributed by atoms with E-state index in [-0.39, 0.29) is 12.5 Å². The lowest BCUT2D eigenvalue weighted by Crippen LogP contribution is -2.35. The highest BCUT2D eigenvalue weighted by molar-refractivity contribution is 5.85. The van der Waals surface area contributed by atoms with Crippen molar-refractivity contribution in [3.63, 3.8) is 0 Å². The van der Waals surface area contributed by atoms with Crippen LogP contribution in [-0.4, -0.2) is 35.3 Å². The number of hydrogen-bond donors (Lipinski definition) is 2. The number of aromatic nitrogens is 1. The van der Waals surface area contributed by atoms with E-state index in [1.807, 2.05) is 56.7 Å². The van der Waals surface area contributed by atoms with Crippen molar-refractivity contribution < 1.29 is 14.3 Å². The molecule has 0 fully saturated rings. The lowest BCUT2D eigenvalue weighted by atomic mass is 10.2. The molecule has 6 nitrogen and oxygen atoms in total. The first kappa shape index (κ1) is 18.8. The zero-order chi connectivity index (χ0) is 18.4. The van der Waals surface area contributed by atoms with E-state index < -0.39 is 11.7 Å². The smallest absolute Gasteiger partial charge is 0.407 e. The maximum atomic E-state index is 12.1. The molecule has 2 rings (SSSR count). The lowest BCUT2D eigenvalue weighted by Gasteiger charge is -2.19. The van der Waals surface area contributed by atoms with Crippen LogP contribution in [0, 0.1) is 6.92 Å². The number of benzene rings is 1. The zero-order valence-corrected chi connectivity index (χ0v) is 15.4. The van der Waals surface area contributed by atoms with Crippen molar-refractivity contribution in [2.24, 2.45) is 0 Å². The molecular weight excluding hydrogens is 318 g/mol. The summed E-state index contributed by atoms with van der Waals surface area (Å²) in [5, 5.41) is 6.71. The summed E-state index contributed by atoms with van der Waals surface area (Å²) in [6.07, 6.45) is 2.21. The van der Waals surface area contributed by atoms with Crippen molar-refractivity contribution in [3.05, 3.63) is 36.0 Å². The van der Waals surface area contributed by atoms with E-state index in [0.717, 1.165) is 16.5 Å². The van der Waals surface area contributed by atoms with Crippen LogP contribution in [0.4, 0.5) is 4.79 Å². The van der Waals surface area contributed by atoms with Gasteiger partial charge in [-0.25, -0.2) is 4.79 Å². The van der Waals surface area contributed by atoms with Gasteiger partial charge in [0.05, 0.1) is 0 Å². The van der Waals surface area contributed by atoms with Gasteiger partial charge in [0, 0.05) is 30.2 Å². The second kappa shape index (κ2) is 8.05. The second-order valence-corrected chi connectivity index (χ2v) is 7.09.